The van der Waals surface area contributed by atoms with Crippen molar-refractivity contribution < 1.29 is 19.5 Å². The highest BCUT2D eigenvalue weighted by molar-refractivity contribution is 5.36. The average molecular weight is 291 g/mol. The first kappa shape index (κ1) is 14.2. The van der Waals surface area contributed by atoms with Crippen molar-refractivity contribution in [3.63, 3.8) is 0 Å². The summed E-state index contributed by atoms with van der Waals surface area (Å²) in [6.45, 7) is 0. The van der Waals surface area contributed by atoms with E-state index in [0.29, 0.717) is 11.5 Å². The maximum absolute atomic E-state index is 10.5. The normalized spacial score (nSPS) is 9.90. The van der Waals surface area contributed by atoms with Gasteiger partial charge in [0.1, 0.15) is 0 Å². The second kappa shape index (κ2) is 6.30. The van der Waals surface area contributed by atoms with Gasteiger partial charge in [-0.1, -0.05) is 0 Å². The number of hydrogen-bond donors (Lipinski definition) is 1. The summed E-state index contributed by atoms with van der Waals surface area (Å²) in [5.74, 6) is 0.616. The lowest BCUT2D eigenvalue weighted by molar-refractivity contribution is -0.385. The first-order valence-corrected chi connectivity index (χ1v) is 5.64. The van der Waals surface area contributed by atoms with Gasteiger partial charge in [-0.3, -0.25) is 20.2 Å². The summed E-state index contributed by atoms with van der Waals surface area (Å²) in [5.41, 5.74) is 2.06. The Hall–Kier alpha value is -3.20. The smallest absolute Gasteiger partial charge is 0.269 e. The first-order chi connectivity index (χ1) is 10.1. The Labute approximate surface area is 117 Å². The zero-order valence-corrected chi connectivity index (χ0v) is 10.5. The molecule has 0 radical (unpaired) electrons. The van der Waals surface area contributed by atoms with Crippen LogP contribution in [0.3, 0.4) is 0 Å². The molecule has 0 saturated carbocycles. The molecule has 0 fully saturated rings. The molecule has 0 spiro atoms. The number of benzene rings is 2. The van der Waals surface area contributed by atoms with Gasteiger partial charge in [0, 0.05) is 29.9 Å². The zero-order chi connectivity index (χ0) is 15.2. The minimum atomic E-state index is -0.523. The molecular weight excluding hydrogens is 282 g/mol. The Morgan fingerprint density at radius 2 is 1.05 bits per heavy atom. The topological polar surface area (TPSA) is 117 Å². The van der Waals surface area contributed by atoms with E-state index < -0.39 is 9.85 Å². The van der Waals surface area contributed by atoms with Crippen molar-refractivity contribution >= 4 is 11.4 Å². The second-order valence-corrected chi connectivity index (χ2v) is 3.79. The predicted molar refractivity (Wildman–Crippen MR) is 70.6 cm³/mol. The van der Waals surface area contributed by atoms with Crippen LogP contribution in [0.15, 0.2) is 48.5 Å². The zero-order valence-electron chi connectivity index (χ0n) is 10.5. The third-order valence-corrected chi connectivity index (χ3v) is 2.41. The molecule has 0 unspecified atom stereocenters. The van der Waals surface area contributed by atoms with Crippen molar-refractivity contribution in [2.24, 2.45) is 0 Å². The molecule has 21 heavy (non-hydrogen) atoms. The van der Waals surface area contributed by atoms with E-state index in [0.717, 1.165) is 0 Å². The molecule has 9 nitrogen and oxygen atoms in total. The lowest BCUT2D eigenvalue weighted by Crippen LogP contribution is -2.22. The molecule has 1 N–H and O–H groups in total. The van der Waals surface area contributed by atoms with Crippen molar-refractivity contribution in [3.8, 4) is 11.5 Å². The molecule has 0 aliphatic rings. The van der Waals surface area contributed by atoms with Crippen LogP contribution in [-0.4, -0.2) is 9.85 Å². The van der Waals surface area contributed by atoms with Gasteiger partial charge < -0.3 is 9.68 Å². The maximum Gasteiger partial charge on any atom is 0.269 e. The average Bonchev–Trinajstić information content (AvgIpc) is 2.48. The van der Waals surface area contributed by atoms with Crippen LogP contribution >= 0.6 is 0 Å². The van der Waals surface area contributed by atoms with E-state index in [1.165, 1.54) is 48.5 Å². The standard InChI is InChI=1S/C12H9N3O6/c16-14(17)9-1-5-11(6-2-9)20-13-21-12-7-3-10(4-8-12)15(18)19/h1-8,13H. The SMILES string of the molecule is O=[N+]([O-])c1ccc(ONOc2ccc([N+](=O)[O-])cc2)cc1. The molecule has 2 aromatic rings. The van der Waals surface area contributed by atoms with Crippen LogP contribution in [0, 0.1) is 20.2 Å². The van der Waals surface area contributed by atoms with Crippen LogP contribution in [0.4, 0.5) is 11.4 Å². The van der Waals surface area contributed by atoms with Gasteiger partial charge >= 0.3 is 0 Å². The molecule has 0 amide bonds. The van der Waals surface area contributed by atoms with Crippen molar-refractivity contribution in [1.29, 1.82) is 0 Å². The molecular formula is C12H9N3O6. The van der Waals surface area contributed by atoms with Crippen LogP contribution in [0.2, 0.25) is 0 Å². The van der Waals surface area contributed by atoms with Crippen molar-refractivity contribution in [3.05, 3.63) is 68.8 Å². The lowest BCUT2D eigenvalue weighted by atomic mass is 10.3. The molecule has 0 bridgehead atoms. The Morgan fingerprint density at radius 1 is 0.714 bits per heavy atom. The fourth-order valence-electron chi connectivity index (χ4n) is 1.39. The Bertz CT molecular complexity index is 584. The minimum absolute atomic E-state index is 0.0568. The van der Waals surface area contributed by atoms with Crippen LogP contribution in [0.25, 0.3) is 0 Å². The number of nitrogens with zero attached hydrogens (tertiary/aromatic N) is 2. The fraction of sp³-hybridized carbons (Fsp3) is 0. The monoisotopic (exact) mass is 291 g/mol. The molecule has 0 aromatic heterocycles. The molecule has 0 atom stereocenters. The quantitative estimate of drug-likeness (QED) is 0.641. The molecule has 9 heteroatoms. The van der Waals surface area contributed by atoms with E-state index in [1.807, 2.05) is 0 Å². The fourth-order valence-corrected chi connectivity index (χ4v) is 1.39. The number of nitrogens with one attached hydrogen (secondary N) is 1. The van der Waals surface area contributed by atoms with Crippen molar-refractivity contribution in [2.45, 2.75) is 0 Å². The summed E-state index contributed by atoms with van der Waals surface area (Å²) in [4.78, 5) is 29.9. The number of nitro benzene ring substituents is 2. The lowest BCUT2D eigenvalue weighted by Gasteiger charge is -2.07. The minimum Gasteiger partial charge on any atom is -0.374 e. The molecule has 0 saturated heterocycles. The predicted octanol–water partition coefficient (Wildman–Crippen LogP) is 2.38. The number of nitro groups is 2. The molecule has 2 rings (SSSR count). The maximum atomic E-state index is 10.5. The third kappa shape index (κ3) is 3.88. The molecule has 0 heterocycles. The highest BCUT2D eigenvalue weighted by Crippen LogP contribution is 2.18. The van der Waals surface area contributed by atoms with Gasteiger partial charge in [-0.25, -0.2) is 0 Å². The van der Waals surface area contributed by atoms with Crippen LogP contribution in [0.5, 0.6) is 11.5 Å². The van der Waals surface area contributed by atoms with Crippen LogP contribution in [0.1, 0.15) is 0 Å². The Morgan fingerprint density at radius 3 is 1.33 bits per heavy atom. The van der Waals surface area contributed by atoms with Crippen molar-refractivity contribution in [1.82, 2.24) is 5.64 Å². The van der Waals surface area contributed by atoms with E-state index >= 15 is 0 Å². The highest BCUT2D eigenvalue weighted by atomic mass is 16.9. The number of rotatable bonds is 6. The van der Waals surface area contributed by atoms with Gasteiger partial charge in [0.05, 0.1) is 9.85 Å². The summed E-state index contributed by atoms with van der Waals surface area (Å²) in [7, 11) is 0. The highest BCUT2D eigenvalue weighted by Gasteiger charge is 2.06. The summed E-state index contributed by atoms with van der Waals surface area (Å²) in [6, 6.07) is 10.7. The van der Waals surface area contributed by atoms with Gasteiger partial charge in [0.15, 0.2) is 11.5 Å². The van der Waals surface area contributed by atoms with E-state index in [9.17, 15) is 20.2 Å². The van der Waals surface area contributed by atoms with Gasteiger partial charge in [-0.15, -0.1) is 0 Å². The van der Waals surface area contributed by atoms with E-state index in [-0.39, 0.29) is 11.4 Å². The molecule has 0 aliphatic carbocycles. The molecule has 0 aliphatic heterocycles. The van der Waals surface area contributed by atoms with Crippen molar-refractivity contribution in [2.75, 3.05) is 0 Å². The van der Waals surface area contributed by atoms with Gasteiger partial charge in [-0.2, -0.15) is 0 Å². The Kier molecular flexibility index (Phi) is 4.26. The molecule has 108 valence electrons. The number of hydrogen-bond acceptors (Lipinski definition) is 7. The third-order valence-electron chi connectivity index (χ3n) is 2.41. The van der Waals surface area contributed by atoms with Crippen LogP contribution < -0.4 is 15.3 Å². The summed E-state index contributed by atoms with van der Waals surface area (Å²) < 4.78 is 0. The number of non-ortho nitro benzene ring substituents is 2. The molecule has 2 aromatic carbocycles. The van der Waals surface area contributed by atoms with E-state index in [1.54, 1.807) is 0 Å². The van der Waals surface area contributed by atoms with E-state index in [2.05, 4.69) is 5.64 Å². The second-order valence-electron chi connectivity index (χ2n) is 3.79. The summed E-state index contributed by atoms with van der Waals surface area (Å²) in [5, 5.41) is 20.9. The summed E-state index contributed by atoms with van der Waals surface area (Å²) >= 11 is 0. The van der Waals surface area contributed by atoms with Gasteiger partial charge in [-0.05, 0) is 24.3 Å². The Balaban J connectivity index is 1.86. The summed E-state index contributed by atoms with van der Waals surface area (Å²) in [6.07, 6.45) is 0. The van der Waals surface area contributed by atoms with Crippen LogP contribution in [-0.2, 0) is 0 Å². The first-order valence-electron chi connectivity index (χ1n) is 5.64. The van der Waals surface area contributed by atoms with Gasteiger partial charge in [0.2, 0.25) is 0 Å². The van der Waals surface area contributed by atoms with Gasteiger partial charge in [0.25, 0.3) is 11.4 Å². The van der Waals surface area contributed by atoms with E-state index in [4.69, 9.17) is 9.68 Å². The largest absolute Gasteiger partial charge is 0.374 e.